The van der Waals surface area contributed by atoms with Gasteiger partial charge >= 0.3 is 5.97 Å². The van der Waals surface area contributed by atoms with Gasteiger partial charge < -0.3 is 19.0 Å². The Hall–Kier alpha value is -1.47. The van der Waals surface area contributed by atoms with E-state index in [1.165, 1.54) is 0 Å². The molecule has 1 heterocycles. The molecule has 1 aromatic rings. The molecule has 0 aromatic heterocycles. The molecule has 168 valence electrons. The number of ether oxygens (including phenoxy) is 2. The monoisotopic (exact) mass is 434 g/mol. The maximum atomic E-state index is 11.5. The minimum absolute atomic E-state index is 0.00308. The van der Waals surface area contributed by atoms with Gasteiger partial charge in [0.1, 0.15) is 11.7 Å². The van der Waals surface area contributed by atoms with E-state index in [1.807, 2.05) is 37.3 Å². The van der Waals surface area contributed by atoms with E-state index in [9.17, 15) is 9.90 Å². The lowest BCUT2D eigenvalue weighted by atomic mass is 9.81. The van der Waals surface area contributed by atoms with Crippen LogP contribution >= 0.6 is 0 Å². The van der Waals surface area contributed by atoms with E-state index in [1.54, 1.807) is 6.08 Å². The molecule has 2 rings (SSSR count). The third-order valence-corrected chi connectivity index (χ3v) is 11.3. The lowest BCUT2D eigenvalue weighted by Crippen LogP contribution is -2.47. The second-order valence-electron chi connectivity index (χ2n) is 10.1. The van der Waals surface area contributed by atoms with Gasteiger partial charge in [0.15, 0.2) is 14.6 Å². The zero-order valence-electron chi connectivity index (χ0n) is 19.5. The Bertz CT molecular complexity index is 727. The summed E-state index contributed by atoms with van der Waals surface area (Å²) in [6.07, 6.45) is 1.19. The van der Waals surface area contributed by atoms with E-state index < -0.39 is 26.2 Å². The summed E-state index contributed by atoms with van der Waals surface area (Å²) in [5, 5.41) is 9.48. The molecule has 1 N–H and O–H groups in total. The van der Waals surface area contributed by atoms with Crippen LogP contribution in [0.3, 0.4) is 0 Å². The molecule has 6 heteroatoms. The van der Waals surface area contributed by atoms with E-state index in [0.29, 0.717) is 6.42 Å². The fourth-order valence-corrected chi connectivity index (χ4v) is 4.99. The van der Waals surface area contributed by atoms with Crippen LogP contribution in [-0.2, 0) is 18.7 Å². The summed E-state index contributed by atoms with van der Waals surface area (Å²) in [6.45, 7) is 18.8. The van der Waals surface area contributed by atoms with Gasteiger partial charge in [-0.2, -0.15) is 0 Å². The summed E-state index contributed by atoms with van der Waals surface area (Å²) in [5.41, 5.74) is 0.329. The Balaban J connectivity index is 2.21. The summed E-state index contributed by atoms with van der Waals surface area (Å²) in [7, 11) is -2.11. The Kier molecular flexibility index (Phi) is 7.72. The number of aliphatic carboxylic acids is 1. The highest BCUT2D eigenvalue weighted by molar-refractivity contribution is 6.74. The summed E-state index contributed by atoms with van der Waals surface area (Å²) in [4.78, 5) is 11.5. The van der Waals surface area contributed by atoms with Crippen LogP contribution in [0.4, 0.5) is 0 Å². The third kappa shape index (κ3) is 5.61. The molecule has 1 aromatic carbocycles. The summed E-state index contributed by atoms with van der Waals surface area (Å²) < 4.78 is 19.1. The van der Waals surface area contributed by atoms with Crippen molar-refractivity contribution in [3.8, 4) is 0 Å². The van der Waals surface area contributed by atoms with Crippen molar-refractivity contribution in [2.24, 2.45) is 5.92 Å². The second-order valence-corrected chi connectivity index (χ2v) is 14.8. The SMILES string of the molecule is C=C[C@@H]1O[C@@H](c2ccccc2)O[C@]1(C)C(C)C[C@H](CC(=O)O)O[Si](C)(C)C(C)(C)C. The molecule has 0 spiro atoms. The van der Waals surface area contributed by atoms with Crippen molar-refractivity contribution in [3.63, 3.8) is 0 Å². The molecule has 0 amide bonds. The maximum Gasteiger partial charge on any atom is 0.305 e. The van der Waals surface area contributed by atoms with E-state index in [-0.39, 0.29) is 29.6 Å². The molecule has 1 aliphatic heterocycles. The highest BCUT2D eigenvalue weighted by Crippen LogP contribution is 2.45. The first kappa shape index (κ1) is 24.8. The van der Waals surface area contributed by atoms with Gasteiger partial charge in [-0.1, -0.05) is 64.1 Å². The predicted molar refractivity (Wildman–Crippen MR) is 122 cm³/mol. The number of carboxylic acids is 1. The van der Waals surface area contributed by atoms with Crippen molar-refractivity contribution >= 4 is 14.3 Å². The molecule has 1 fully saturated rings. The highest BCUT2D eigenvalue weighted by Gasteiger charge is 2.50. The Morgan fingerprint density at radius 2 is 1.93 bits per heavy atom. The van der Waals surface area contributed by atoms with Crippen LogP contribution in [0.15, 0.2) is 43.0 Å². The first-order valence-corrected chi connectivity index (χ1v) is 13.6. The average molecular weight is 435 g/mol. The molecular weight excluding hydrogens is 396 g/mol. The van der Waals surface area contributed by atoms with Crippen molar-refractivity contribution in [2.45, 2.75) is 89.7 Å². The molecule has 0 saturated carbocycles. The van der Waals surface area contributed by atoms with Crippen LogP contribution in [0.2, 0.25) is 18.1 Å². The molecule has 0 radical (unpaired) electrons. The van der Waals surface area contributed by atoms with E-state index >= 15 is 0 Å². The largest absolute Gasteiger partial charge is 0.481 e. The molecule has 1 aliphatic rings. The molecule has 30 heavy (non-hydrogen) atoms. The second kappa shape index (κ2) is 9.35. The van der Waals surface area contributed by atoms with Crippen LogP contribution in [-0.4, -0.2) is 37.2 Å². The van der Waals surface area contributed by atoms with E-state index in [4.69, 9.17) is 13.9 Å². The first-order valence-electron chi connectivity index (χ1n) is 10.7. The van der Waals surface area contributed by atoms with Crippen molar-refractivity contribution in [3.05, 3.63) is 48.6 Å². The lowest BCUT2D eigenvalue weighted by molar-refractivity contribution is -0.140. The molecule has 0 bridgehead atoms. The number of carboxylic acid groups (broad SMARTS) is 1. The van der Waals surface area contributed by atoms with Gasteiger partial charge in [-0.3, -0.25) is 4.79 Å². The topological polar surface area (TPSA) is 65.0 Å². The van der Waals surface area contributed by atoms with Gasteiger partial charge in [-0.05, 0) is 37.4 Å². The Morgan fingerprint density at radius 1 is 1.33 bits per heavy atom. The minimum atomic E-state index is -2.11. The zero-order valence-corrected chi connectivity index (χ0v) is 20.5. The normalized spacial score (nSPS) is 26.9. The van der Waals surface area contributed by atoms with Gasteiger partial charge in [0, 0.05) is 5.56 Å². The Labute approximate surface area is 182 Å². The fraction of sp³-hybridized carbons (Fsp3) is 0.625. The summed E-state index contributed by atoms with van der Waals surface area (Å²) in [6, 6.07) is 9.84. The van der Waals surface area contributed by atoms with Gasteiger partial charge in [0.2, 0.25) is 0 Å². The fourth-order valence-electron chi connectivity index (χ4n) is 3.63. The van der Waals surface area contributed by atoms with Crippen molar-refractivity contribution in [1.29, 1.82) is 0 Å². The number of benzene rings is 1. The third-order valence-electron chi connectivity index (χ3n) is 6.75. The van der Waals surface area contributed by atoms with Crippen LogP contribution < -0.4 is 0 Å². The van der Waals surface area contributed by atoms with E-state index in [2.05, 4.69) is 47.4 Å². The number of carbonyl (C=O) groups is 1. The van der Waals surface area contributed by atoms with Gasteiger partial charge in [-0.15, -0.1) is 6.58 Å². The molecule has 1 unspecified atom stereocenters. The lowest BCUT2D eigenvalue weighted by Gasteiger charge is -2.41. The van der Waals surface area contributed by atoms with E-state index in [0.717, 1.165) is 5.56 Å². The number of rotatable bonds is 9. The minimum Gasteiger partial charge on any atom is -0.481 e. The van der Waals surface area contributed by atoms with Crippen LogP contribution in [0.1, 0.15) is 59.3 Å². The van der Waals surface area contributed by atoms with Crippen LogP contribution in [0.25, 0.3) is 0 Å². The number of hydrogen-bond acceptors (Lipinski definition) is 4. The summed E-state index contributed by atoms with van der Waals surface area (Å²) in [5.74, 6) is -0.842. The van der Waals surface area contributed by atoms with Gasteiger partial charge in [0.25, 0.3) is 0 Å². The average Bonchev–Trinajstić information content (AvgIpc) is 2.98. The molecular formula is C24H38O5Si. The van der Waals surface area contributed by atoms with Gasteiger partial charge in [-0.25, -0.2) is 0 Å². The highest BCUT2D eigenvalue weighted by atomic mass is 28.4. The molecule has 0 aliphatic carbocycles. The van der Waals surface area contributed by atoms with Gasteiger partial charge in [0.05, 0.1) is 12.5 Å². The quantitative estimate of drug-likeness (QED) is 0.385. The van der Waals surface area contributed by atoms with Crippen molar-refractivity contribution < 1.29 is 23.8 Å². The Morgan fingerprint density at radius 3 is 2.43 bits per heavy atom. The molecule has 1 saturated heterocycles. The molecule has 5 atom stereocenters. The van der Waals surface area contributed by atoms with Crippen LogP contribution in [0, 0.1) is 5.92 Å². The van der Waals surface area contributed by atoms with Crippen LogP contribution in [0.5, 0.6) is 0 Å². The smallest absolute Gasteiger partial charge is 0.305 e. The standard InChI is InChI=1S/C24H38O5Si/c1-9-20-24(6,28-22(27-20)18-13-11-10-12-14-18)17(2)15-19(16-21(25)26)29-30(7,8)23(3,4)5/h9-14,17,19-20,22H,1,15-16H2,2-8H3,(H,25,26)/t17?,19-,20+,22-,24-/m1/s1. The predicted octanol–water partition coefficient (Wildman–Crippen LogP) is 5.94. The van der Waals surface area contributed by atoms with Crippen molar-refractivity contribution in [2.75, 3.05) is 0 Å². The van der Waals surface area contributed by atoms with Crippen molar-refractivity contribution in [1.82, 2.24) is 0 Å². The zero-order chi connectivity index (χ0) is 22.7. The maximum absolute atomic E-state index is 11.5. The molecule has 5 nitrogen and oxygen atoms in total. The first-order chi connectivity index (χ1) is 13.8. The summed E-state index contributed by atoms with van der Waals surface area (Å²) >= 11 is 0. The number of hydrogen-bond donors (Lipinski definition) is 1.